The average molecular weight is 283 g/mol. The monoisotopic (exact) mass is 283 g/mol. The summed E-state index contributed by atoms with van der Waals surface area (Å²) in [6.07, 6.45) is 0. The number of nitrogens with one attached hydrogen (secondary N) is 1. The Kier molecular flexibility index (Phi) is 5.12. The van der Waals surface area contributed by atoms with Crippen molar-refractivity contribution < 1.29 is 9.53 Å². The van der Waals surface area contributed by atoms with E-state index in [1.54, 1.807) is 13.8 Å². The fourth-order valence-electron chi connectivity index (χ4n) is 1.89. The molecule has 0 aliphatic carbocycles. The second-order valence-corrected chi connectivity index (χ2v) is 5.45. The van der Waals surface area contributed by atoms with Crippen LogP contribution in [0.1, 0.15) is 25.0 Å². The molecular formula is C18H21NO2. The first kappa shape index (κ1) is 15.3. The SMILES string of the molecule is CC(C)(OCc1ccccc1)C(=O)NCc1ccccc1. The van der Waals surface area contributed by atoms with Gasteiger partial charge >= 0.3 is 0 Å². The number of carbonyl (C=O) groups is 1. The molecule has 0 unspecified atom stereocenters. The molecule has 0 heterocycles. The lowest BCUT2D eigenvalue weighted by Crippen LogP contribution is -2.43. The lowest BCUT2D eigenvalue weighted by atomic mass is 10.1. The maximum atomic E-state index is 12.2. The van der Waals surface area contributed by atoms with Crippen LogP contribution >= 0.6 is 0 Å². The van der Waals surface area contributed by atoms with Crippen LogP contribution in [0.15, 0.2) is 60.7 Å². The van der Waals surface area contributed by atoms with Crippen molar-refractivity contribution in [3.05, 3.63) is 71.8 Å². The Morgan fingerprint density at radius 1 is 0.952 bits per heavy atom. The summed E-state index contributed by atoms with van der Waals surface area (Å²) < 4.78 is 5.75. The summed E-state index contributed by atoms with van der Waals surface area (Å²) >= 11 is 0. The van der Waals surface area contributed by atoms with Crippen LogP contribution in [0, 0.1) is 0 Å². The van der Waals surface area contributed by atoms with E-state index in [2.05, 4.69) is 5.32 Å². The van der Waals surface area contributed by atoms with Crippen LogP contribution in [0.25, 0.3) is 0 Å². The Hall–Kier alpha value is -2.13. The van der Waals surface area contributed by atoms with Crippen LogP contribution in [-0.2, 0) is 22.7 Å². The molecule has 0 radical (unpaired) electrons. The minimum atomic E-state index is -0.857. The third-order valence-corrected chi connectivity index (χ3v) is 3.29. The molecule has 2 aromatic carbocycles. The van der Waals surface area contributed by atoms with Gasteiger partial charge in [-0.15, -0.1) is 0 Å². The molecule has 0 aromatic heterocycles. The van der Waals surface area contributed by atoms with E-state index in [0.29, 0.717) is 13.2 Å². The van der Waals surface area contributed by atoms with Crippen molar-refractivity contribution in [2.45, 2.75) is 32.6 Å². The third kappa shape index (κ3) is 4.72. The summed E-state index contributed by atoms with van der Waals surface area (Å²) in [5, 5.41) is 2.91. The number of amides is 1. The zero-order chi connectivity index (χ0) is 15.1. The zero-order valence-electron chi connectivity index (χ0n) is 12.5. The summed E-state index contributed by atoms with van der Waals surface area (Å²) in [6, 6.07) is 19.7. The van der Waals surface area contributed by atoms with Gasteiger partial charge in [-0.2, -0.15) is 0 Å². The van der Waals surface area contributed by atoms with Gasteiger partial charge in [0.15, 0.2) is 0 Å². The molecule has 0 bridgehead atoms. The predicted molar refractivity (Wildman–Crippen MR) is 83.6 cm³/mol. The van der Waals surface area contributed by atoms with E-state index in [9.17, 15) is 4.79 Å². The first-order chi connectivity index (χ1) is 10.1. The van der Waals surface area contributed by atoms with E-state index < -0.39 is 5.60 Å². The number of hydrogen-bond acceptors (Lipinski definition) is 2. The molecule has 3 heteroatoms. The van der Waals surface area contributed by atoms with Crippen LogP contribution in [0.3, 0.4) is 0 Å². The van der Waals surface area contributed by atoms with Crippen molar-refractivity contribution in [3.8, 4) is 0 Å². The van der Waals surface area contributed by atoms with Crippen molar-refractivity contribution in [3.63, 3.8) is 0 Å². The van der Waals surface area contributed by atoms with Crippen LogP contribution in [-0.4, -0.2) is 11.5 Å². The molecule has 0 saturated heterocycles. The summed E-state index contributed by atoms with van der Waals surface area (Å²) in [5.74, 6) is -0.109. The minimum Gasteiger partial charge on any atom is -0.361 e. The Labute approximate surface area is 126 Å². The van der Waals surface area contributed by atoms with Gasteiger partial charge in [0, 0.05) is 6.54 Å². The number of rotatable bonds is 6. The predicted octanol–water partition coefficient (Wildman–Crippen LogP) is 3.30. The lowest BCUT2D eigenvalue weighted by Gasteiger charge is -2.24. The fourth-order valence-corrected chi connectivity index (χ4v) is 1.89. The molecule has 0 spiro atoms. The van der Waals surface area contributed by atoms with Gasteiger partial charge in [0.2, 0.25) is 0 Å². The van der Waals surface area contributed by atoms with E-state index in [4.69, 9.17) is 4.74 Å². The number of ether oxygens (including phenoxy) is 1. The minimum absolute atomic E-state index is 0.109. The molecule has 0 atom stereocenters. The van der Waals surface area contributed by atoms with Gasteiger partial charge in [-0.3, -0.25) is 4.79 Å². The van der Waals surface area contributed by atoms with Gasteiger partial charge in [0.1, 0.15) is 5.60 Å². The van der Waals surface area contributed by atoms with Crippen molar-refractivity contribution >= 4 is 5.91 Å². The number of carbonyl (C=O) groups excluding carboxylic acids is 1. The molecule has 0 fully saturated rings. The van der Waals surface area contributed by atoms with Crippen molar-refractivity contribution in [1.82, 2.24) is 5.32 Å². The highest BCUT2D eigenvalue weighted by Crippen LogP contribution is 2.13. The highest BCUT2D eigenvalue weighted by Gasteiger charge is 2.28. The van der Waals surface area contributed by atoms with Crippen molar-refractivity contribution in [2.24, 2.45) is 0 Å². The summed E-state index contributed by atoms with van der Waals surface area (Å²) in [4.78, 5) is 12.2. The molecule has 2 rings (SSSR count). The van der Waals surface area contributed by atoms with E-state index in [1.165, 1.54) is 0 Å². The first-order valence-corrected chi connectivity index (χ1v) is 7.08. The van der Waals surface area contributed by atoms with Crippen LogP contribution in [0.5, 0.6) is 0 Å². The second-order valence-electron chi connectivity index (χ2n) is 5.45. The molecule has 110 valence electrons. The average Bonchev–Trinajstić information content (AvgIpc) is 2.52. The van der Waals surface area contributed by atoms with Crippen LogP contribution in [0.2, 0.25) is 0 Å². The molecule has 1 N–H and O–H groups in total. The van der Waals surface area contributed by atoms with E-state index >= 15 is 0 Å². The molecule has 1 amide bonds. The summed E-state index contributed by atoms with van der Waals surface area (Å²) in [6.45, 7) is 4.51. The summed E-state index contributed by atoms with van der Waals surface area (Å²) in [5.41, 5.74) is 1.27. The van der Waals surface area contributed by atoms with Crippen molar-refractivity contribution in [2.75, 3.05) is 0 Å². The highest BCUT2D eigenvalue weighted by atomic mass is 16.5. The van der Waals surface area contributed by atoms with Gasteiger partial charge in [0.25, 0.3) is 5.91 Å². The Bertz CT molecular complexity index is 564. The van der Waals surface area contributed by atoms with Gasteiger partial charge in [-0.1, -0.05) is 60.7 Å². The van der Waals surface area contributed by atoms with Crippen LogP contribution < -0.4 is 5.32 Å². The molecule has 0 saturated carbocycles. The Balaban J connectivity index is 1.85. The van der Waals surface area contributed by atoms with E-state index in [1.807, 2.05) is 60.7 Å². The molecule has 0 aliphatic heterocycles. The molecule has 0 aliphatic rings. The largest absolute Gasteiger partial charge is 0.361 e. The highest BCUT2D eigenvalue weighted by molar-refractivity contribution is 5.84. The Morgan fingerprint density at radius 3 is 2.05 bits per heavy atom. The van der Waals surface area contributed by atoms with Gasteiger partial charge in [-0.25, -0.2) is 0 Å². The second kappa shape index (κ2) is 7.04. The molecule has 3 nitrogen and oxygen atoms in total. The molecule has 21 heavy (non-hydrogen) atoms. The van der Waals surface area contributed by atoms with Gasteiger partial charge in [0.05, 0.1) is 6.61 Å². The van der Waals surface area contributed by atoms with E-state index in [-0.39, 0.29) is 5.91 Å². The van der Waals surface area contributed by atoms with E-state index in [0.717, 1.165) is 11.1 Å². The smallest absolute Gasteiger partial charge is 0.251 e. The van der Waals surface area contributed by atoms with Gasteiger partial charge in [-0.05, 0) is 25.0 Å². The third-order valence-electron chi connectivity index (χ3n) is 3.29. The maximum absolute atomic E-state index is 12.2. The van der Waals surface area contributed by atoms with Gasteiger partial charge < -0.3 is 10.1 Å². The molecular weight excluding hydrogens is 262 g/mol. The standard InChI is InChI=1S/C18H21NO2/c1-18(2,21-14-16-11-7-4-8-12-16)17(20)19-13-15-9-5-3-6-10-15/h3-12H,13-14H2,1-2H3,(H,19,20). The fraction of sp³-hybridized carbons (Fsp3) is 0.278. The topological polar surface area (TPSA) is 38.3 Å². The lowest BCUT2D eigenvalue weighted by molar-refractivity contribution is -0.144. The van der Waals surface area contributed by atoms with Crippen molar-refractivity contribution in [1.29, 1.82) is 0 Å². The quantitative estimate of drug-likeness (QED) is 0.883. The first-order valence-electron chi connectivity index (χ1n) is 7.08. The number of benzene rings is 2. The normalized spacial score (nSPS) is 11.1. The molecule has 2 aromatic rings. The Morgan fingerprint density at radius 2 is 1.48 bits per heavy atom. The van der Waals surface area contributed by atoms with Crippen LogP contribution in [0.4, 0.5) is 0 Å². The zero-order valence-corrected chi connectivity index (χ0v) is 12.5. The maximum Gasteiger partial charge on any atom is 0.251 e. The number of hydrogen-bond donors (Lipinski definition) is 1. The summed E-state index contributed by atoms with van der Waals surface area (Å²) in [7, 11) is 0.